The number of fused-ring (bicyclic) bond motifs is 1. The SMILES string of the molecule is N#Cc1ccc(CN2CCN(C(=O)C3COc4ccccc4C3)CC2)cc1. The number of nitrogens with zero attached hydrogens (tertiary/aromatic N) is 3. The lowest BCUT2D eigenvalue weighted by atomic mass is 9.95. The van der Waals surface area contributed by atoms with E-state index in [0.717, 1.165) is 50.5 Å². The predicted octanol–water partition coefficient (Wildman–Crippen LogP) is 2.45. The fourth-order valence-corrected chi connectivity index (χ4v) is 3.81. The number of carbonyl (C=O) groups excluding carboxylic acids is 1. The van der Waals surface area contributed by atoms with Crippen molar-refractivity contribution >= 4 is 5.91 Å². The molecule has 0 aromatic heterocycles. The van der Waals surface area contributed by atoms with Crippen molar-refractivity contribution in [3.05, 3.63) is 65.2 Å². The first-order valence-electron chi connectivity index (χ1n) is 9.44. The Labute approximate surface area is 159 Å². The van der Waals surface area contributed by atoms with Crippen molar-refractivity contribution in [3.8, 4) is 11.8 Å². The molecule has 1 fully saturated rings. The van der Waals surface area contributed by atoms with Crippen molar-refractivity contribution in [1.29, 1.82) is 5.26 Å². The summed E-state index contributed by atoms with van der Waals surface area (Å²) in [5.41, 5.74) is 3.01. The van der Waals surface area contributed by atoms with Gasteiger partial charge in [-0.2, -0.15) is 5.26 Å². The van der Waals surface area contributed by atoms with E-state index in [9.17, 15) is 4.79 Å². The van der Waals surface area contributed by atoms with E-state index in [-0.39, 0.29) is 11.8 Å². The van der Waals surface area contributed by atoms with Gasteiger partial charge in [0.25, 0.3) is 0 Å². The highest BCUT2D eigenvalue weighted by atomic mass is 16.5. The van der Waals surface area contributed by atoms with Crippen LogP contribution in [-0.4, -0.2) is 48.5 Å². The highest BCUT2D eigenvalue weighted by molar-refractivity contribution is 5.80. The number of piperazine rings is 1. The fourth-order valence-electron chi connectivity index (χ4n) is 3.81. The number of hydrogen-bond acceptors (Lipinski definition) is 4. The summed E-state index contributed by atoms with van der Waals surface area (Å²) >= 11 is 0. The smallest absolute Gasteiger partial charge is 0.229 e. The quantitative estimate of drug-likeness (QED) is 0.843. The topological polar surface area (TPSA) is 56.6 Å². The highest BCUT2D eigenvalue weighted by Crippen LogP contribution is 2.28. The second-order valence-corrected chi connectivity index (χ2v) is 7.23. The van der Waals surface area contributed by atoms with Crippen molar-refractivity contribution in [1.82, 2.24) is 9.80 Å². The molecule has 0 N–H and O–H groups in total. The molecule has 0 spiro atoms. The van der Waals surface area contributed by atoms with Crippen LogP contribution in [0.1, 0.15) is 16.7 Å². The molecule has 1 amide bonds. The molecule has 0 saturated carbocycles. The van der Waals surface area contributed by atoms with E-state index < -0.39 is 0 Å². The van der Waals surface area contributed by atoms with Crippen LogP contribution < -0.4 is 4.74 Å². The van der Waals surface area contributed by atoms with Gasteiger partial charge in [0.1, 0.15) is 12.4 Å². The average molecular weight is 361 g/mol. The Hall–Kier alpha value is -2.84. The summed E-state index contributed by atoms with van der Waals surface area (Å²) in [4.78, 5) is 17.2. The number of para-hydroxylation sites is 1. The molecule has 2 heterocycles. The van der Waals surface area contributed by atoms with Crippen molar-refractivity contribution in [2.45, 2.75) is 13.0 Å². The Bertz CT molecular complexity index is 849. The van der Waals surface area contributed by atoms with Crippen LogP contribution in [-0.2, 0) is 17.8 Å². The van der Waals surface area contributed by atoms with E-state index in [4.69, 9.17) is 10.00 Å². The summed E-state index contributed by atoms with van der Waals surface area (Å²) in [6, 6.07) is 17.9. The fraction of sp³-hybridized carbons (Fsp3) is 0.364. The van der Waals surface area contributed by atoms with Crippen LogP contribution in [0.5, 0.6) is 5.75 Å². The molecular formula is C22H23N3O2. The second kappa shape index (κ2) is 7.81. The lowest BCUT2D eigenvalue weighted by Gasteiger charge is -2.37. The molecule has 0 radical (unpaired) electrons. The highest BCUT2D eigenvalue weighted by Gasteiger charge is 2.31. The van der Waals surface area contributed by atoms with Crippen LogP contribution in [0.3, 0.4) is 0 Å². The Morgan fingerprint density at radius 3 is 2.56 bits per heavy atom. The molecule has 2 aromatic rings. The number of ether oxygens (including phenoxy) is 1. The average Bonchev–Trinajstić information content (AvgIpc) is 2.74. The van der Waals surface area contributed by atoms with E-state index in [1.54, 1.807) is 0 Å². The zero-order chi connectivity index (χ0) is 18.6. The van der Waals surface area contributed by atoms with Gasteiger partial charge in [-0.05, 0) is 35.7 Å². The first-order valence-corrected chi connectivity index (χ1v) is 9.44. The van der Waals surface area contributed by atoms with Gasteiger partial charge in [-0.25, -0.2) is 0 Å². The molecule has 138 valence electrons. The van der Waals surface area contributed by atoms with E-state index in [1.165, 1.54) is 5.56 Å². The van der Waals surface area contributed by atoms with Crippen LogP contribution in [0.25, 0.3) is 0 Å². The summed E-state index contributed by atoms with van der Waals surface area (Å²) < 4.78 is 5.79. The number of nitriles is 1. The van der Waals surface area contributed by atoms with Crippen LogP contribution in [0.4, 0.5) is 0 Å². The molecule has 2 aliphatic rings. The number of amides is 1. The first kappa shape index (κ1) is 17.6. The van der Waals surface area contributed by atoms with Gasteiger partial charge in [0.2, 0.25) is 5.91 Å². The van der Waals surface area contributed by atoms with Crippen LogP contribution in [0.2, 0.25) is 0 Å². The van der Waals surface area contributed by atoms with E-state index >= 15 is 0 Å². The van der Waals surface area contributed by atoms with Crippen molar-refractivity contribution in [3.63, 3.8) is 0 Å². The van der Waals surface area contributed by atoms with E-state index in [1.807, 2.05) is 53.4 Å². The number of carbonyl (C=O) groups is 1. The third-order valence-corrected chi connectivity index (χ3v) is 5.40. The molecular weight excluding hydrogens is 338 g/mol. The van der Waals surface area contributed by atoms with E-state index in [0.29, 0.717) is 12.2 Å². The minimum atomic E-state index is -0.0787. The van der Waals surface area contributed by atoms with Gasteiger partial charge < -0.3 is 9.64 Å². The molecule has 1 unspecified atom stereocenters. The minimum Gasteiger partial charge on any atom is -0.492 e. The van der Waals surface area contributed by atoms with Crippen LogP contribution >= 0.6 is 0 Å². The van der Waals surface area contributed by atoms with Gasteiger partial charge in [0, 0.05) is 32.7 Å². The zero-order valence-corrected chi connectivity index (χ0v) is 15.3. The predicted molar refractivity (Wildman–Crippen MR) is 102 cm³/mol. The molecule has 0 aliphatic carbocycles. The molecule has 1 saturated heterocycles. The van der Waals surface area contributed by atoms with Crippen LogP contribution in [0, 0.1) is 17.2 Å². The Kier molecular flexibility index (Phi) is 5.08. The number of rotatable bonds is 3. The normalized spacial score (nSPS) is 19.7. The maximum Gasteiger partial charge on any atom is 0.229 e. The van der Waals surface area contributed by atoms with E-state index in [2.05, 4.69) is 11.0 Å². The molecule has 2 aromatic carbocycles. The lowest BCUT2D eigenvalue weighted by Crippen LogP contribution is -2.51. The number of benzene rings is 2. The van der Waals surface area contributed by atoms with Gasteiger partial charge in [0.05, 0.1) is 17.6 Å². The minimum absolute atomic E-state index is 0.0787. The Morgan fingerprint density at radius 2 is 1.81 bits per heavy atom. The third kappa shape index (κ3) is 3.96. The molecule has 4 rings (SSSR count). The standard InChI is InChI=1S/C22H23N3O2/c23-14-17-5-7-18(8-6-17)15-24-9-11-25(12-10-24)22(26)20-13-19-3-1-2-4-21(19)27-16-20/h1-8,20H,9-13,15-16H2. The largest absolute Gasteiger partial charge is 0.492 e. The van der Waals surface area contributed by atoms with Gasteiger partial charge in [-0.15, -0.1) is 0 Å². The monoisotopic (exact) mass is 361 g/mol. The lowest BCUT2D eigenvalue weighted by molar-refractivity contribution is -0.138. The Balaban J connectivity index is 1.30. The van der Waals surface area contributed by atoms with Gasteiger partial charge in [-0.3, -0.25) is 9.69 Å². The van der Waals surface area contributed by atoms with Gasteiger partial charge in [0.15, 0.2) is 0 Å². The molecule has 5 nitrogen and oxygen atoms in total. The zero-order valence-electron chi connectivity index (χ0n) is 15.3. The summed E-state index contributed by atoms with van der Waals surface area (Å²) in [6.07, 6.45) is 0.764. The Morgan fingerprint density at radius 1 is 1.07 bits per heavy atom. The maximum absolute atomic E-state index is 12.9. The van der Waals surface area contributed by atoms with Crippen molar-refractivity contribution in [2.75, 3.05) is 32.8 Å². The van der Waals surface area contributed by atoms with Gasteiger partial charge >= 0.3 is 0 Å². The van der Waals surface area contributed by atoms with Crippen molar-refractivity contribution in [2.24, 2.45) is 5.92 Å². The second-order valence-electron chi connectivity index (χ2n) is 7.23. The molecule has 27 heavy (non-hydrogen) atoms. The molecule has 0 bridgehead atoms. The van der Waals surface area contributed by atoms with Crippen LogP contribution in [0.15, 0.2) is 48.5 Å². The number of hydrogen-bond donors (Lipinski definition) is 0. The summed E-state index contributed by atoms with van der Waals surface area (Å²) in [5, 5.41) is 8.89. The third-order valence-electron chi connectivity index (χ3n) is 5.40. The van der Waals surface area contributed by atoms with Crippen molar-refractivity contribution < 1.29 is 9.53 Å². The molecule has 5 heteroatoms. The molecule has 1 atom stereocenters. The summed E-state index contributed by atoms with van der Waals surface area (Å²) in [6.45, 7) is 4.58. The summed E-state index contributed by atoms with van der Waals surface area (Å²) in [5.74, 6) is 1.04. The summed E-state index contributed by atoms with van der Waals surface area (Å²) in [7, 11) is 0. The molecule has 2 aliphatic heterocycles. The maximum atomic E-state index is 12.9. The first-order chi connectivity index (χ1) is 13.2. The van der Waals surface area contributed by atoms with Gasteiger partial charge in [-0.1, -0.05) is 30.3 Å².